The second-order valence-electron chi connectivity index (χ2n) is 3.66. The van der Waals surface area contributed by atoms with Crippen molar-refractivity contribution in [1.29, 1.82) is 0 Å². The van der Waals surface area contributed by atoms with E-state index in [0.29, 0.717) is 0 Å². The van der Waals surface area contributed by atoms with Crippen LogP contribution in [0.2, 0.25) is 5.02 Å². The molecule has 0 saturated heterocycles. The van der Waals surface area contributed by atoms with Gasteiger partial charge in [-0.1, -0.05) is 29.8 Å². The molecular formula is C13H10ClF2NO. The molecule has 0 bridgehead atoms. The second-order valence-corrected chi connectivity index (χ2v) is 4.07. The quantitative estimate of drug-likeness (QED) is 0.861. The maximum atomic E-state index is 13.6. The molecule has 18 heavy (non-hydrogen) atoms. The third kappa shape index (κ3) is 2.54. The van der Waals surface area contributed by atoms with Gasteiger partial charge in [0.15, 0.2) is 17.4 Å². The van der Waals surface area contributed by atoms with Crippen LogP contribution in [0, 0.1) is 11.6 Å². The highest BCUT2D eigenvalue weighted by molar-refractivity contribution is 6.32. The van der Waals surface area contributed by atoms with Gasteiger partial charge in [-0.15, -0.1) is 0 Å². The average Bonchev–Trinajstić information content (AvgIpc) is 2.33. The fourth-order valence-electron chi connectivity index (χ4n) is 1.48. The Morgan fingerprint density at radius 3 is 2.56 bits per heavy atom. The number of rotatable bonds is 3. The molecule has 2 nitrogen and oxygen atoms in total. The number of anilines is 1. The molecule has 2 aromatic rings. The van der Waals surface area contributed by atoms with Gasteiger partial charge in [0.1, 0.15) is 6.61 Å². The molecule has 0 aliphatic rings. The van der Waals surface area contributed by atoms with E-state index in [2.05, 4.69) is 0 Å². The third-order valence-electron chi connectivity index (χ3n) is 2.40. The highest BCUT2D eigenvalue weighted by atomic mass is 35.5. The van der Waals surface area contributed by atoms with Gasteiger partial charge in [0, 0.05) is 5.56 Å². The fraction of sp³-hybridized carbons (Fsp3) is 0.0769. The lowest BCUT2D eigenvalue weighted by Crippen LogP contribution is -2.02. The van der Waals surface area contributed by atoms with E-state index in [1.807, 2.05) is 0 Å². The van der Waals surface area contributed by atoms with E-state index in [-0.39, 0.29) is 28.6 Å². The largest absolute Gasteiger partial charge is 0.484 e. The summed E-state index contributed by atoms with van der Waals surface area (Å²) in [6, 6.07) is 8.73. The molecular weight excluding hydrogens is 260 g/mol. The molecule has 0 unspecified atom stereocenters. The minimum absolute atomic E-state index is 0.0238. The second kappa shape index (κ2) is 5.23. The van der Waals surface area contributed by atoms with E-state index < -0.39 is 11.6 Å². The topological polar surface area (TPSA) is 35.2 Å². The van der Waals surface area contributed by atoms with E-state index >= 15 is 0 Å². The van der Waals surface area contributed by atoms with Gasteiger partial charge in [-0.3, -0.25) is 0 Å². The van der Waals surface area contributed by atoms with Crippen LogP contribution in [0.25, 0.3) is 0 Å². The van der Waals surface area contributed by atoms with E-state index in [1.54, 1.807) is 6.07 Å². The molecule has 0 aromatic heterocycles. The molecule has 5 heteroatoms. The number of hydrogen-bond acceptors (Lipinski definition) is 2. The Morgan fingerprint density at radius 1 is 1.11 bits per heavy atom. The van der Waals surface area contributed by atoms with Crippen LogP contribution in [0.5, 0.6) is 5.75 Å². The number of halogens is 3. The summed E-state index contributed by atoms with van der Waals surface area (Å²) in [5.41, 5.74) is 5.69. The monoisotopic (exact) mass is 269 g/mol. The third-order valence-corrected chi connectivity index (χ3v) is 2.70. The van der Waals surface area contributed by atoms with Gasteiger partial charge in [-0.2, -0.15) is 0 Å². The normalized spacial score (nSPS) is 10.4. The van der Waals surface area contributed by atoms with Crippen LogP contribution < -0.4 is 10.5 Å². The maximum Gasteiger partial charge on any atom is 0.174 e. The summed E-state index contributed by atoms with van der Waals surface area (Å²) < 4.78 is 32.2. The van der Waals surface area contributed by atoms with E-state index in [9.17, 15) is 8.78 Å². The van der Waals surface area contributed by atoms with Crippen LogP contribution in [0.1, 0.15) is 5.56 Å². The minimum Gasteiger partial charge on any atom is -0.484 e. The molecule has 0 amide bonds. The molecule has 0 fully saturated rings. The van der Waals surface area contributed by atoms with Gasteiger partial charge in [0.05, 0.1) is 10.7 Å². The average molecular weight is 270 g/mol. The molecule has 2 N–H and O–H groups in total. The lowest BCUT2D eigenvalue weighted by molar-refractivity contribution is 0.285. The zero-order chi connectivity index (χ0) is 13.1. The van der Waals surface area contributed by atoms with Crippen molar-refractivity contribution in [1.82, 2.24) is 0 Å². The maximum absolute atomic E-state index is 13.6. The summed E-state index contributed by atoms with van der Waals surface area (Å²) in [6.45, 7) is -0.141. The lowest BCUT2D eigenvalue weighted by Gasteiger charge is -2.10. The Kier molecular flexibility index (Phi) is 3.67. The first-order valence-corrected chi connectivity index (χ1v) is 5.57. The summed E-state index contributed by atoms with van der Waals surface area (Å²) in [5.74, 6) is -1.25. The van der Waals surface area contributed by atoms with Gasteiger partial charge in [0.2, 0.25) is 0 Å². The van der Waals surface area contributed by atoms with Gasteiger partial charge < -0.3 is 10.5 Å². The van der Waals surface area contributed by atoms with Gasteiger partial charge >= 0.3 is 0 Å². The lowest BCUT2D eigenvalue weighted by atomic mass is 10.2. The summed E-state index contributed by atoms with van der Waals surface area (Å²) in [4.78, 5) is 0. The van der Waals surface area contributed by atoms with Gasteiger partial charge in [-0.05, 0) is 18.2 Å². The fourth-order valence-corrected chi connectivity index (χ4v) is 1.70. The summed E-state index contributed by atoms with van der Waals surface area (Å²) in [6.07, 6.45) is 0. The SMILES string of the molecule is Nc1cccc(COc2c(F)cccc2Cl)c1F. The molecule has 2 rings (SSSR count). The number of para-hydroxylation sites is 1. The number of benzene rings is 2. The number of ether oxygens (including phenoxy) is 1. The van der Waals surface area contributed by atoms with Crippen LogP contribution in [0.3, 0.4) is 0 Å². The Balaban J connectivity index is 2.19. The minimum atomic E-state index is -0.591. The van der Waals surface area contributed by atoms with E-state index in [4.69, 9.17) is 22.1 Å². The Labute approximate surface area is 108 Å². The number of nitrogen functional groups attached to an aromatic ring is 1. The van der Waals surface area contributed by atoms with Crippen LogP contribution in [0.15, 0.2) is 36.4 Å². The van der Waals surface area contributed by atoms with Crippen molar-refractivity contribution in [2.45, 2.75) is 6.61 Å². The molecule has 0 saturated carbocycles. The summed E-state index contributed by atoms with van der Waals surface area (Å²) in [5, 5.41) is 0.138. The van der Waals surface area contributed by atoms with Crippen molar-refractivity contribution in [3.8, 4) is 5.75 Å². The van der Waals surface area contributed by atoms with Crippen LogP contribution >= 0.6 is 11.6 Å². The predicted octanol–water partition coefficient (Wildman–Crippen LogP) is 3.78. The zero-order valence-electron chi connectivity index (χ0n) is 9.29. The van der Waals surface area contributed by atoms with Gasteiger partial charge in [0.25, 0.3) is 0 Å². The van der Waals surface area contributed by atoms with Crippen molar-refractivity contribution < 1.29 is 13.5 Å². The molecule has 0 radical (unpaired) electrons. The first-order valence-electron chi connectivity index (χ1n) is 5.19. The summed E-state index contributed by atoms with van der Waals surface area (Å²) >= 11 is 5.78. The van der Waals surface area contributed by atoms with Crippen molar-refractivity contribution in [3.63, 3.8) is 0 Å². The number of hydrogen-bond donors (Lipinski definition) is 1. The Morgan fingerprint density at radius 2 is 1.83 bits per heavy atom. The van der Waals surface area contributed by atoms with Crippen LogP contribution in [0.4, 0.5) is 14.5 Å². The first-order chi connectivity index (χ1) is 8.59. The molecule has 0 atom stereocenters. The Hall–Kier alpha value is -1.81. The summed E-state index contributed by atoms with van der Waals surface area (Å²) in [7, 11) is 0. The van der Waals surface area contributed by atoms with Crippen molar-refractivity contribution in [2.24, 2.45) is 0 Å². The standard InChI is InChI=1S/C13H10ClF2NO/c14-9-4-2-5-10(15)13(9)18-7-8-3-1-6-11(17)12(8)16/h1-6H,7,17H2. The van der Waals surface area contributed by atoms with E-state index in [0.717, 1.165) is 0 Å². The smallest absolute Gasteiger partial charge is 0.174 e. The Bertz CT molecular complexity index is 555. The van der Waals surface area contributed by atoms with Crippen LogP contribution in [-0.4, -0.2) is 0 Å². The highest BCUT2D eigenvalue weighted by Crippen LogP contribution is 2.28. The highest BCUT2D eigenvalue weighted by Gasteiger charge is 2.11. The molecule has 94 valence electrons. The predicted molar refractivity (Wildman–Crippen MR) is 66.6 cm³/mol. The van der Waals surface area contributed by atoms with Gasteiger partial charge in [-0.25, -0.2) is 8.78 Å². The van der Waals surface area contributed by atoms with Crippen molar-refractivity contribution in [2.75, 3.05) is 5.73 Å². The zero-order valence-corrected chi connectivity index (χ0v) is 10.0. The molecule has 0 spiro atoms. The number of nitrogens with two attached hydrogens (primary N) is 1. The van der Waals surface area contributed by atoms with E-state index in [1.165, 1.54) is 30.3 Å². The van der Waals surface area contributed by atoms with Crippen molar-refractivity contribution in [3.05, 3.63) is 58.6 Å². The molecule has 0 heterocycles. The van der Waals surface area contributed by atoms with Crippen molar-refractivity contribution >= 4 is 17.3 Å². The molecule has 0 aliphatic heterocycles. The molecule has 0 aliphatic carbocycles. The van der Waals surface area contributed by atoms with Crippen LogP contribution in [-0.2, 0) is 6.61 Å². The molecule has 2 aromatic carbocycles. The first kappa shape index (κ1) is 12.6.